The van der Waals surface area contributed by atoms with Crippen LogP contribution in [0.5, 0.6) is 0 Å². The van der Waals surface area contributed by atoms with Gasteiger partial charge in [0, 0.05) is 19.6 Å². The minimum atomic E-state index is -0.248. The third-order valence-corrected chi connectivity index (χ3v) is 5.41. The van der Waals surface area contributed by atoms with Crippen molar-refractivity contribution >= 4 is 23.6 Å². The molecule has 1 aromatic carbocycles. The molecule has 1 unspecified atom stereocenters. The fourth-order valence-corrected chi connectivity index (χ4v) is 3.79. The first kappa shape index (κ1) is 19.7. The molecule has 2 heterocycles. The van der Waals surface area contributed by atoms with E-state index in [0.29, 0.717) is 19.8 Å². The molecular formula is C19H27N5O2S. The molecule has 1 aromatic heterocycles. The number of carbonyl (C=O) groups excluding carboxylic acids is 1. The van der Waals surface area contributed by atoms with E-state index in [1.807, 2.05) is 30.5 Å². The number of benzene rings is 1. The molecule has 2 aromatic rings. The predicted molar refractivity (Wildman–Crippen MR) is 108 cm³/mol. The number of rotatable bonds is 7. The van der Waals surface area contributed by atoms with E-state index >= 15 is 0 Å². The van der Waals surface area contributed by atoms with Crippen molar-refractivity contribution in [1.29, 1.82) is 0 Å². The summed E-state index contributed by atoms with van der Waals surface area (Å²) in [6.45, 7) is 9.61. The van der Waals surface area contributed by atoms with Crippen LogP contribution in [0.15, 0.2) is 29.4 Å². The Labute approximate surface area is 164 Å². The van der Waals surface area contributed by atoms with Crippen LogP contribution in [0.1, 0.15) is 25.8 Å². The number of aryl methyl sites for hydroxylation is 1. The number of nitrogens with zero attached hydrogens (tertiary/aromatic N) is 4. The highest BCUT2D eigenvalue weighted by molar-refractivity contribution is 8.00. The van der Waals surface area contributed by atoms with Gasteiger partial charge in [0.2, 0.25) is 11.9 Å². The van der Waals surface area contributed by atoms with Crippen molar-refractivity contribution in [3.8, 4) is 5.69 Å². The van der Waals surface area contributed by atoms with Gasteiger partial charge in [-0.3, -0.25) is 9.36 Å². The van der Waals surface area contributed by atoms with Gasteiger partial charge in [0.15, 0.2) is 5.16 Å². The van der Waals surface area contributed by atoms with Crippen LogP contribution in [-0.4, -0.2) is 58.8 Å². The maximum absolute atomic E-state index is 12.3. The average Bonchev–Trinajstić information content (AvgIpc) is 3.10. The van der Waals surface area contributed by atoms with Crippen molar-refractivity contribution in [2.45, 2.75) is 37.6 Å². The molecule has 1 atom stereocenters. The molecule has 27 heavy (non-hydrogen) atoms. The van der Waals surface area contributed by atoms with Crippen LogP contribution in [0.3, 0.4) is 0 Å². The third kappa shape index (κ3) is 4.81. The van der Waals surface area contributed by atoms with Gasteiger partial charge in [0.05, 0.1) is 24.2 Å². The summed E-state index contributed by atoms with van der Waals surface area (Å²) < 4.78 is 7.52. The summed E-state index contributed by atoms with van der Waals surface area (Å²) in [4.78, 5) is 14.5. The van der Waals surface area contributed by atoms with Crippen molar-refractivity contribution in [2.75, 3.05) is 37.7 Å². The van der Waals surface area contributed by atoms with Gasteiger partial charge in [-0.15, -0.1) is 10.2 Å². The van der Waals surface area contributed by atoms with Crippen molar-refractivity contribution in [2.24, 2.45) is 0 Å². The van der Waals surface area contributed by atoms with Crippen LogP contribution in [0.4, 0.5) is 5.95 Å². The number of thioether (sulfide) groups is 1. The number of hydrogen-bond acceptors (Lipinski definition) is 6. The monoisotopic (exact) mass is 389 g/mol. The molecule has 0 aliphatic carbocycles. The van der Waals surface area contributed by atoms with E-state index in [1.54, 1.807) is 0 Å². The summed E-state index contributed by atoms with van der Waals surface area (Å²) in [7, 11) is 0. The Bertz CT molecular complexity index is 773. The lowest BCUT2D eigenvalue weighted by Gasteiger charge is -2.28. The van der Waals surface area contributed by atoms with E-state index < -0.39 is 0 Å². The molecular weight excluding hydrogens is 362 g/mol. The van der Waals surface area contributed by atoms with Crippen LogP contribution in [-0.2, 0) is 9.53 Å². The molecule has 1 N–H and O–H groups in total. The summed E-state index contributed by atoms with van der Waals surface area (Å²) in [5, 5.41) is 12.3. The van der Waals surface area contributed by atoms with E-state index in [4.69, 9.17) is 4.74 Å². The quantitative estimate of drug-likeness (QED) is 0.733. The lowest BCUT2D eigenvalue weighted by Crippen LogP contribution is -2.38. The van der Waals surface area contributed by atoms with Gasteiger partial charge in [-0.05, 0) is 38.0 Å². The van der Waals surface area contributed by atoms with Crippen molar-refractivity contribution < 1.29 is 9.53 Å². The molecule has 0 radical (unpaired) electrons. The second kappa shape index (κ2) is 9.23. The Balaban J connectivity index is 1.91. The Kier molecular flexibility index (Phi) is 6.73. The summed E-state index contributed by atoms with van der Waals surface area (Å²) in [5.41, 5.74) is 2.17. The maximum atomic E-state index is 12.3. The molecule has 1 aliphatic rings. The predicted octanol–water partition coefficient (Wildman–Crippen LogP) is 2.42. The van der Waals surface area contributed by atoms with E-state index in [-0.39, 0.29) is 11.2 Å². The van der Waals surface area contributed by atoms with Gasteiger partial charge in [-0.2, -0.15) is 0 Å². The fraction of sp³-hybridized carbons (Fsp3) is 0.526. The number of morpholine rings is 1. The number of carbonyl (C=O) groups is 1. The molecule has 146 valence electrons. The molecule has 1 amide bonds. The topological polar surface area (TPSA) is 72.3 Å². The highest BCUT2D eigenvalue weighted by atomic mass is 32.2. The van der Waals surface area contributed by atoms with Gasteiger partial charge >= 0.3 is 0 Å². The number of hydrogen-bond donors (Lipinski definition) is 1. The largest absolute Gasteiger partial charge is 0.378 e. The summed E-state index contributed by atoms with van der Waals surface area (Å²) in [6.07, 6.45) is 0.920. The van der Waals surface area contributed by atoms with Crippen molar-refractivity contribution in [1.82, 2.24) is 20.1 Å². The number of amides is 1. The maximum Gasteiger partial charge on any atom is 0.233 e. The fourth-order valence-electron chi connectivity index (χ4n) is 2.90. The Morgan fingerprint density at radius 3 is 2.81 bits per heavy atom. The van der Waals surface area contributed by atoms with E-state index in [9.17, 15) is 4.79 Å². The van der Waals surface area contributed by atoms with Crippen LogP contribution in [0, 0.1) is 6.92 Å². The zero-order valence-electron chi connectivity index (χ0n) is 16.1. The van der Waals surface area contributed by atoms with Crippen molar-refractivity contribution in [3.63, 3.8) is 0 Å². The van der Waals surface area contributed by atoms with E-state index in [0.717, 1.165) is 36.3 Å². The van der Waals surface area contributed by atoms with Gasteiger partial charge in [-0.1, -0.05) is 30.8 Å². The molecule has 0 saturated carbocycles. The molecule has 3 rings (SSSR count). The summed E-state index contributed by atoms with van der Waals surface area (Å²) in [6, 6.07) is 8.25. The zero-order chi connectivity index (χ0) is 19.2. The Morgan fingerprint density at radius 2 is 2.11 bits per heavy atom. The first-order valence-electron chi connectivity index (χ1n) is 9.39. The number of nitrogens with one attached hydrogen (secondary N) is 1. The standard InChI is InChI=1S/C19H27N5O2S/c1-4-8-20-17(25)15(3)27-19-22-21-18(23-9-11-26-12-10-23)24(19)16-7-5-6-14(2)13-16/h5-7,13,15H,4,8-12H2,1-3H3,(H,20,25). The smallest absolute Gasteiger partial charge is 0.233 e. The lowest BCUT2D eigenvalue weighted by molar-refractivity contribution is -0.120. The number of ether oxygens (including phenoxy) is 1. The van der Waals surface area contributed by atoms with Crippen LogP contribution in [0.2, 0.25) is 0 Å². The van der Waals surface area contributed by atoms with Crippen LogP contribution < -0.4 is 10.2 Å². The number of aromatic nitrogens is 3. The molecule has 0 bridgehead atoms. The molecule has 1 saturated heterocycles. The number of anilines is 1. The highest BCUT2D eigenvalue weighted by Gasteiger charge is 2.24. The lowest BCUT2D eigenvalue weighted by atomic mass is 10.2. The molecule has 7 nitrogen and oxygen atoms in total. The molecule has 1 aliphatic heterocycles. The van der Waals surface area contributed by atoms with Gasteiger partial charge in [-0.25, -0.2) is 0 Å². The van der Waals surface area contributed by atoms with E-state index in [1.165, 1.54) is 17.3 Å². The summed E-state index contributed by atoms with van der Waals surface area (Å²) in [5.74, 6) is 0.820. The van der Waals surface area contributed by atoms with Gasteiger partial charge in [0.25, 0.3) is 0 Å². The first-order chi connectivity index (χ1) is 13.1. The van der Waals surface area contributed by atoms with Crippen molar-refractivity contribution in [3.05, 3.63) is 29.8 Å². The highest BCUT2D eigenvalue weighted by Crippen LogP contribution is 2.30. The average molecular weight is 390 g/mol. The Morgan fingerprint density at radius 1 is 1.33 bits per heavy atom. The van der Waals surface area contributed by atoms with Crippen LogP contribution >= 0.6 is 11.8 Å². The molecule has 1 fully saturated rings. The second-order valence-corrected chi connectivity index (χ2v) is 7.92. The first-order valence-corrected chi connectivity index (χ1v) is 10.3. The molecule has 8 heteroatoms. The molecule has 0 spiro atoms. The zero-order valence-corrected chi connectivity index (χ0v) is 17.0. The van der Waals surface area contributed by atoms with Crippen LogP contribution in [0.25, 0.3) is 5.69 Å². The minimum Gasteiger partial charge on any atom is -0.378 e. The van der Waals surface area contributed by atoms with Gasteiger partial charge < -0.3 is 15.0 Å². The normalized spacial score (nSPS) is 15.6. The van der Waals surface area contributed by atoms with Gasteiger partial charge in [0.1, 0.15) is 0 Å². The third-order valence-electron chi connectivity index (χ3n) is 4.37. The minimum absolute atomic E-state index is 0.0218. The van der Waals surface area contributed by atoms with E-state index in [2.05, 4.69) is 39.5 Å². The summed E-state index contributed by atoms with van der Waals surface area (Å²) >= 11 is 1.43. The second-order valence-electron chi connectivity index (χ2n) is 6.61. The Hall–Kier alpha value is -2.06. The SMILES string of the molecule is CCCNC(=O)C(C)Sc1nnc(N2CCOCC2)n1-c1cccc(C)c1.